The number of aromatic nitrogens is 5. The van der Waals surface area contributed by atoms with Gasteiger partial charge in [-0.2, -0.15) is 5.10 Å². The molecule has 4 rings (SSSR count). The summed E-state index contributed by atoms with van der Waals surface area (Å²) in [5, 5.41) is 17.0. The molecular formula is C22H22N6O3. The molecule has 0 unspecified atom stereocenters. The maximum absolute atomic E-state index is 13.0. The molecule has 9 nitrogen and oxygen atoms in total. The minimum absolute atomic E-state index is 0.235. The Morgan fingerprint density at radius 3 is 2.71 bits per heavy atom. The fourth-order valence-electron chi connectivity index (χ4n) is 3.23. The summed E-state index contributed by atoms with van der Waals surface area (Å²) in [6.07, 6.45) is 7.03. The Kier molecular flexibility index (Phi) is 6.13. The molecule has 4 aromatic rings. The van der Waals surface area contributed by atoms with Crippen molar-refractivity contribution in [2.75, 3.05) is 6.61 Å². The number of amides is 1. The van der Waals surface area contributed by atoms with Crippen molar-refractivity contribution in [1.82, 2.24) is 29.9 Å². The van der Waals surface area contributed by atoms with Crippen LogP contribution in [-0.2, 0) is 13.0 Å². The Bertz CT molecular complexity index is 1160. The van der Waals surface area contributed by atoms with E-state index >= 15 is 0 Å². The van der Waals surface area contributed by atoms with E-state index in [1.807, 2.05) is 18.2 Å². The predicted molar refractivity (Wildman–Crippen MR) is 113 cm³/mol. The third kappa shape index (κ3) is 4.84. The first-order valence-electron chi connectivity index (χ1n) is 9.83. The Labute approximate surface area is 178 Å². The molecule has 0 bridgehead atoms. The lowest BCUT2D eigenvalue weighted by Gasteiger charge is -2.15. The van der Waals surface area contributed by atoms with Crippen molar-refractivity contribution >= 4 is 11.4 Å². The number of ether oxygens (including phenoxy) is 1. The molecule has 0 aromatic carbocycles. The molecule has 4 heterocycles. The van der Waals surface area contributed by atoms with E-state index in [0.29, 0.717) is 41.4 Å². The van der Waals surface area contributed by atoms with E-state index in [4.69, 9.17) is 4.74 Å². The largest absolute Gasteiger partial charge is 0.487 e. The van der Waals surface area contributed by atoms with Crippen LogP contribution in [0, 0.1) is 6.92 Å². The van der Waals surface area contributed by atoms with E-state index < -0.39 is 6.04 Å². The standard InChI is InChI=1S/C22H22N6O3/c1-15-21(22(30)26-17(13-29)11-20-24-8-4-9-25-20)19-12-18(6-10-28(19)27-15)31-14-16-5-2-3-7-23-16/h2-10,12,17,29H,11,13-14H2,1H3,(H,26,30)/t17-/m0/s1. The minimum atomic E-state index is -0.521. The summed E-state index contributed by atoms with van der Waals surface area (Å²) in [5.41, 5.74) is 2.42. The smallest absolute Gasteiger partial charge is 0.255 e. The zero-order valence-electron chi connectivity index (χ0n) is 17.0. The lowest BCUT2D eigenvalue weighted by Crippen LogP contribution is -2.39. The normalized spacial score (nSPS) is 11.9. The van der Waals surface area contributed by atoms with Crippen LogP contribution >= 0.6 is 0 Å². The number of carbonyl (C=O) groups is 1. The van der Waals surface area contributed by atoms with Gasteiger partial charge in [-0.05, 0) is 31.2 Å². The number of pyridine rings is 2. The van der Waals surface area contributed by atoms with Crippen molar-refractivity contribution < 1.29 is 14.6 Å². The molecule has 0 saturated carbocycles. The molecular weight excluding hydrogens is 396 g/mol. The highest BCUT2D eigenvalue weighted by molar-refractivity contribution is 6.02. The number of fused-ring (bicyclic) bond motifs is 1. The number of nitrogens with zero attached hydrogens (tertiary/aromatic N) is 5. The number of carbonyl (C=O) groups excluding carboxylic acids is 1. The molecule has 0 radical (unpaired) electrons. The average Bonchev–Trinajstić information content (AvgIpc) is 3.13. The first kappa shape index (κ1) is 20.4. The summed E-state index contributed by atoms with van der Waals surface area (Å²) in [4.78, 5) is 25.6. The summed E-state index contributed by atoms with van der Waals surface area (Å²) in [5.74, 6) is 0.816. The molecule has 4 aromatic heterocycles. The van der Waals surface area contributed by atoms with Crippen LogP contribution in [0.25, 0.3) is 5.52 Å². The molecule has 0 aliphatic heterocycles. The van der Waals surface area contributed by atoms with Crippen molar-refractivity contribution in [3.8, 4) is 5.75 Å². The fraction of sp³-hybridized carbons (Fsp3) is 0.227. The quantitative estimate of drug-likeness (QED) is 0.448. The van der Waals surface area contributed by atoms with Crippen LogP contribution in [0.3, 0.4) is 0 Å². The Morgan fingerprint density at radius 2 is 1.97 bits per heavy atom. The first-order valence-corrected chi connectivity index (χ1v) is 9.83. The second-order valence-corrected chi connectivity index (χ2v) is 6.98. The monoisotopic (exact) mass is 418 g/mol. The molecule has 0 fully saturated rings. The van der Waals surface area contributed by atoms with Crippen molar-refractivity contribution in [2.45, 2.75) is 26.0 Å². The van der Waals surface area contributed by atoms with Crippen molar-refractivity contribution in [1.29, 1.82) is 0 Å². The van der Waals surface area contributed by atoms with E-state index in [1.165, 1.54) is 0 Å². The number of aryl methyl sites for hydroxylation is 1. The van der Waals surface area contributed by atoms with Crippen molar-refractivity contribution in [2.24, 2.45) is 0 Å². The average molecular weight is 418 g/mol. The third-order valence-electron chi connectivity index (χ3n) is 4.73. The van der Waals surface area contributed by atoms with Crippen molar-refractivity contribution in [3.63, 3.8) is 0 Å². The Morgan fingerprint density at radius 1 is 1.16 bits per heavy atom. The SMILES string of the molecule is Cc1nn2ccc(OCc3ccccn3)cc2c1C(=O)N[C@H](CO)Cc1ncccn1. The van der Waals surface area contributed by atoms with Crippen LogP contribution in [-0.4, -0.2) is 48.2 Å². The number of aliphatic hydroxyl groups is 1. The molecule has 0 aliphatic rings. The number of rotatable bonds is 8. The van der Waals surface area contributed by atoms with Crippen LogP contribution in [0.5, 0.6) is 5.75 Å². The van der Waals surface area contributed by atoms with Gasteiger partial charge >= 0.3 is 0 Å². The maximum atomic E-state index is 13.0. The van der Waals surface area contributed by atoms with Crippen LogP contribution in [0.15, 0.2) is 61.2 Å². The Balaban J connectivity index is 1.52. The van der Waals surface area contributed by atoms with E-state index in [0.717, 1.165) is 5.69 Å². The van der Waals surface area contributed by atoms with E-state index in [1.54, 1.807) is 54.4 Å². The van der Waals surface area contributed by atoms with Gasteiger partial charge in [-0.3, -0.25) is 9.78 Å². The van der Waals surface area contributed by atoms with Gasteiger partial charge in [0.2, 0.25) is 0 Å². The highest BCUT2D eigenvalue weighted by atomic mass is 16.5. The maximum Gasteiger partial charge on any atom is 0.255 e. The number of hydrogen-bond donors (Lipinski definition) is 2. The van der Waals surface area contributed by atoms with Crippen LogP contribution in [0.4, 0.5) is 0 Å². The molecule has 2 N–H and O–H groups in total. The summed E-state index contributed by atoms with van der Waals surface area (Å²) < 4.78 is 7.46. The molecule has 0 saturated heterocycles. The van der Waals surface area contributed by atoms with Crippen LogP contribution < -0.4 is 10.1 Å². The molecule has 31 heavy (non-hydrogen) atoms. The molecule has 0 aliphatic carbocycles. The predicted octanol–water partition coefficient (Wildman–Crippen LogP) is 1.74. The lowest BCUT2D eigenvalue weighted by atomic mass is 10.1. The van der Waals surface area contributed by atoms with Gasteiger partial charge in [-0.15, -0.1) is 0 Å². The van der Waals surface area contributed by atoms with Gasteiger partial charge in [0.25, 0.3) is 5.91 Å². The van der Waals surface area contributed by atoms with Crippen molar-refractivity contribution in [3.05, 3.63) is 84.0 Å². The fourth-order valence-corrected chi connectivity index (χ4v) is 3.23. The van der Waals surface area contributed by atoms with E-state index in [-0.39, 0.29) is 12.5 Å². The second-order valence-electron chi connectivity index (χ2n) is 6.98. The molecule has 158 valence electrons. The highest BCUT2D eigenvalue weighted by Gasteiger charge is 2.21. The topological polar surface area (TPSA) is 115 Å². The summed E-state index contributed by atoms with van der Waals surface area (Å²) in [7, 11) is 0. The minimum Gasteiger partial charge on any atom is -0.487 e. The molecule has 9 heteroatoms. The molecule has 1 atom stereocenters. The summed E-state index contributed by atoms with van der Waals surface area (Å²) in [6, 6.07) is 10.4. The number of hydrogen-bond acceptors (Lipinski definition) is 7. The van der Waals surface area contributed by atoms with Gasteiger partial charge < -0.3 is 15.2 Å². The zero-order valence-corrected chi connectivity index (χ0v) is 17.0. The third-order valence-corrected chi connectivity index (χ3v) is 4.73. The lowest BCUT2D eigenvalue weighted by molar-refractivity contribution is 0.0917. The van der Waals surface area contributed by atoms with E-state index in [2.05, 4.69) is 25.4 Å². The highest BCUT2D eigenvalue weighted by Crippen LogP contribution is 2.21. The Hall–Kier alpha value is -3.85. The molecule has 0 spiro atoms. The first-order chi connectivity index (χ1) is 15.1. The summed E-state index contributed by atoms with van der Waals surface area (Å²) in [6.45, 7) is 1.85. The second kappa shape index (κ2) is 9.31. The van der Waals surface area contributed by atoms with E-state index in [9.17, 15) is 9.90 Å². The molecule has 1 amide bonds. The van der Waals surface area contributed by atoms with Gasteiger partial charge in [0.15, 0.2) is 0 Å². The van der Waals surface area contributed by atoms with Gasteiger partial charge in [-0.1, -0.05) is 6.07 Å². The van der Waals surface area contributed by atoms with Gasteiger partial charge in [0.1, 0.15) is 18.2 Å². The zero-order chi connectivity index (χ0) is 21.6. The van der Waals surface area contributed by atoms with Gasteiger partial charge in [0, 0.05) is 37.3 Å². The number of aliphatic hydroxyl groups excluding tert-OH is 1. The summed E-state index contributed by atoms with van der Waals surface area (Å²) >= 11 is 0. The van der Waals surface area contributed by atoms with Crippen LogP contribution in [0.1, 0.15) is 27.6 Å². The van der Waals surface area contributed by atoms with Gasteiger partial charge in [-0.25, -0.2) is 14.5 Å². The van der Waals surface area contributed by atoms with Crippen LogP contribution in [0.2, 0.25) is 0 Å². The van der Waals surface area contributed by atoms with Gasteiger partial charge in [0.05, 0.1) is 35.1 Å². The number of nitrogens with one attached hydrogen (secondary N) is 1.